The molecule has 5 heteroatoms. The van der Waals surface area contributed by atoms with Gasteiger partial charge in [0.1, 0.15) is 0 Å². The van der Waals surface area contributed by atoms with E-state index in [0.29, 0.717) is 12.4 Å². The van der Waals surface area contributed by atoms with Crippen LogP contribution in [0.3, 0.4) is 0 Å². The van der Waals surface area contributed by atoms with Gasteiger partial charge in [-0.3, -0.25) is 4.79 Å². The Morgan fingerprint density at radius 2 is 1.56 bits per heavy atom. The minimum Gasteiger partial charge on any atom is -0.448 e. The molecule has 0 spiro atoms. The maximum absolute atomic E-state index is 11.4. The molecular formula is C20H24O3SSi. The van der Waals surface area contributed by atoms with Gasteiger partial charge in [-0.1, -0.05) is 81.4 Å². The quantitative estimate of drug-likeness (QED) is 0.596. The molecular weight excluding hydrogens is 348 g/mol. The van der Waals surface area contributed by atoms with E-state index in [1.165, 1.54) is 22.1 Å². The molecule has 0 aromatic heterocycles. The summed E-state index contributed by atoms with van der Waals surface area (Å²) in [5, 5.41) is 2.41. The Balaban J connectivity index is 2.04. The predicted octanol–water partition coefficient (Wildman–Crippen LogP) is 3.18. The number of cyclic esters (lactones) is 1. The summed E-state index contributed by atoms with van der Waals surface area (Å²) in [4.78, 5) is 11.4. The van der Waals surface area contributed by atoms with E-state index in [0.717, 1.165) is 0 Å². The molecule has 1 saturated heterocycles. The largest absolute Gasteiger partial charge is 0.448 e. The molecule has 1 unspecified atom stereocenters. The van der Waals surface area contributed by atoms with Gasteiger partial charge in [-0.15, -0.1) is 11.8 Å². The van der Waals surface area contributed by atoms with Crippen molar-refractivity contribution in [1.29, 1.82) is 0 Å². The molecule has 3 nitrogen and oxygen atoms in total. The highest BCUT2D eigenvalue weighted by Gasteiger charge is 2.50. The Bertz CT molecular complexity index is 673. The minimum absolute atomic E-state index is 0.0665. The average Bonchev–Trinajstić information content (AvgIpc) is 3.02. The maximum Gasteiger partial charge on any atom is 0.317 e. The minimum atomic E-state index is -2.54. The molecule has 0 amide bonds. The fraction of sp³-hybridized carbons (Fsp3) is 0.350. The SMILES string of the molecule is CC(C)(C)[Si](OCC1OC(=O)CS1)(c1ccccc1)c1ccccc1. The number of thioether (sulfide) groups is 1. The first-order valence-corrected chi connectivity index (χ1v) is 11.5. The van der Waals surface area contributed by atoms with Gasteiger partial charge in [-0.05, 0) is 15.4 Å². The lowest BCUT2D eigenvalue weighted by Gasteiger charge is -2.43. The lowest BCUT2D eigenvalue weighted by Crippen LogP contribution is -2.67. The molecule has 2 aromatic carbocycles. The van der Waals surface area contributed by atoms with Crippen molar-refractivity contribution in [1.82, 2.24) is 0 Å². The number of ether oxygens (including phenoxy) is 1. The Hall–Kier alpha value is -1.56. The van der Waals surface area contributed by atoms with Crippen molar-refractivity contribution in [2.24, 2.45) is 0 Å². The second-order valence-corrected chi connectivity index (χ2v) is 12.7. The molecule has 0 N–H and O–H groups in total. The van der Waals surface area contributed by atoms with Crippen LogP contribution in [0, 0.1) is 0 Å². The Kier molecular flexibility index (Phi) is 5.37. The summed E-state index contributed by atoms with van der Waals surface area (Å²) in [5.41, 5.74) is -0.214. The number of carbonyl (C=O) groups excluding carboxylic acids is 1. The van der Waals surface area contributed by atoms with Crippen LogP contribution < -0.4 is 10.4 Å². The van der Waals surface area contributed by atoms with E-state index in [-0.39, 0.29) is 16.4 Å². The van der Waals surface area contributed by atoms with E-state index >= 15 is 0 Å². The van der Waals surface area contributed by atoms with Gasteiger partial charge < -0.3 is 9.16 Å². The summed E-state index contributed by atoms with van der Waals surface area (Å²) < 4.78 is 12.1. The average molecular weight is 373 g/mol. The highest BCUT2D eigenvalue weighted by atomic mass is 32.2. The van der Waals surface area contributed by atoms with Gasteiger partial charge in [-0.25, -0.2) is 0 Å². The van der Waals surface area contributed by atoms with E-state index in [4.69, 9.17) is 9.16 Å². The Morgan fingerprint density at radius 1 is 1.04 bits per heavy atom. The number of hydrogen-bond donors (Lipinski definition) is 0. The van der Waals surface area contributed by atoms with Crippen molar-refractivity contribution < 1.29 is 14.0 Å². The van der Waals surface area contributed by atoms with Gasteiger partial charge >= 0.3 is 5.97 Å². The van der Waals surface area contributed by atoms with E-state index in [2.05, 4.69) is 69.3 Å². The zero-order valence-corrected chi connectivity index (χ0v) is 16.7. The molecule has 3 rings (SSSR count). The molecule has 0 radical (unpaired) electrons. The first kappa shape index (κ1) is 18.2. The molecule has 2 aromatic rings. The van der Waals surface area contributed by atoms with E-state index in [9.17, 15) is 4.79 Å². The van der Waals surface area contributed by atoms with Crippen LogP contribution in [0.15, 0.2) is 60.7 Å². The molecule has 0 saturated carbocycles. The smallest absolute Gasteiger partial charge is 0.317 e. The fourth-order valence-electron chi connectivity index (χ4n) is 3.41. The van der Waals surface area contributed by atoms with Crippen molar-refractivity contribution in [2.45, 2.75) is 31.2 Å². The van der Waals surface area contributed by atoms with Crippen LogP contribution in [0.2, 0.25) is 5.04 Å². The van der Waals surface area contributed by atoms with Crippen LogP contribution in [0.1, 0.15) is 20.8 Å². The van der Waals surface area contributed by atoms with Gasteiger partial charge in [0.2, 0.25) is 0 Å². The second kappa shape index (κ2) is 7.36. The van der Waals surface area contributed by atoms with Gasteiger partial charge in [0, 0.05) is 0 Å². The fourth-order valence-corrected chi connectivity index (χ4v) is 8.82. The lowest BCUT2D eigenvalue weighted by molar-refractivity contribution is -0.140. The van der Waals surface area contributed by atoms with Crippen molar-refractivity contribution in [2.75, 3.05) is 12.4 Å². The van der Waals surface area contributed by atoms with Gasteiger partial charge in [0.15, 0.2) is 5.44 Å². The highest BCUT2D eigenvalue weighted by Crippen LogP contribution is 2.37. The molecule has 0 aliphatic carbocycles. The van der Waals surface area contributed by atoms with Crippen molar-refractivity contribution >= 4 is 36.4 Å². The second-order valence-electron chi connectivity index (χ2n) is 7.20. The van der Waals surface area contributed by atoms with Crippen molar-refractivity contribution in [3.63, 3.8) is 0 Å². The summed E-state index contributed by atoms with van der Waals surface area (Å²) >= 11 is 1.52. The molecule has 25 heavy (non-hydrogen) atoms. The molecule has 1 aliphatic heterocycles. The third kappa shape index (κ3) is 3.68. The summed E-state index contributed by atoms with van der Waals surface area (Å²) in [7, 11) is -2.54. The molecule has 1 fully saturated rings. The zero-order chi connectivity index (χ0) is 17.9. The first-order valence-electron chi connectivity index (χ1n) is 8.49. The molecule has 1 heterocycles. The number of benzene rings is 2. The molecule has 1 aliphatic rings. The topological polar surface area (TPSA) is 35.5 Å². The number of esters is 1. The Labute approximate surface area is 154 Å². The maximum atomic E-state index is 11.4. The Morgan fingerprint density at radius 3 is 1.96 bits per heavy atom. The van der Waals surface area contributed by atoms with Crippen molar-refractivity contribution in [3.8, 4) is 0 Å². The van der Waals surface area contributed by atoms with Crippen LogP contribution in [-0.2, 0) is 14.0 Å². The predicted molar refractivity (Wildman–Crippen MR) is 106 cm³/mol. The number of hydrogen-bond acceptors (Lipinski definition) is 4. The molecule has 1 atom stereocenters. The summed E-state index contributed by atoms with van der Waals surface area (Å²) in [6.45, 7) is 7.15. The van der Waals surface area contributed by atoms with Gasteiger partial charge in [0.25, 0.3) is 8.32 Å². The zero-order valence-electron chi connectivity index (χ0n) is 14.9. The van der Waals surface area contributed by atoms with Crippen LogP contribution in [0.5, 0.6) is 0 Å². The molecule has 132 valence electrons. The van der Waals surface area contributed by atoms with Crippen LogP contribution in [-0.4, -0.2) is 32.1 Å². The van der Waals surface area contributed by atoms with Crippen LogP contribution >= 0.6 is 11.8 Å². The third-order valence-corrected chi connectivity index (χ3v) is 10.5. The summed E-state index contributed by atoms with van der Waals surface area (Å²) in [6.07, 6.45) is 0. The normalized spacial score (nSPS) is 18.2. The van der Waals surface area contributed by atoms with Gasteiger partial charge in [0.05, 0.1) is 12.4 Å². The molecule has 0 bridgehead atoms. The monoisotopic (exact) mass is 372 g/mol. The van der Waals surface area contributed by atoms with Crippen LogP contribution in [0.4, 0.5) is 0 Å². The first-order chi connectivity index (χ1) is 11.9. The highest BCUT2D eigenvalue weighted by molar-refractivity contribution is 8.00. The third-order valence-electron chi connectivity index (χ3n) is 4.50. The number of carbonyl (C=O) groups is 1. The summed E-state index contributed by atoms with van der Waals surface area (Å²) in [5.74, 6) is 0.260. The van der Waals surface area contributed by atoms with Crippen molar-refractivity contribution in [3.05, 3.63) is 60.7 Å². The van der Waals surface area contributed by atoms with Crippen LogP contribution in [0.25, 0.3) is 0 Å². The number of rotatable bonds is 5. The van der Waals surface area contributed by atoms with Gasteiger partial charge in [-0.2, -0.15) is 0 Å². The lowest BCUT2D eigenvalue weighted by atomic mass is 10.2. The standard InChI is InChI=1S/C20H24O3SSi/c1-20(2,3)25(16-10-6-4-7-11-16,17-12-8-5-9-13-17)22-14-19-23-18(21)15-24-19/h4-13,19H,14-15H2,1-3H3. The summed E-state index contributed by atoms with van der Waals surface area (Å²) in [6, 6.07) is 21.0. The van der Waals surface area contributed by atoms with E-state index in [1.807, 2.05) is 12.1 Å². The van der Waals surface area contributed by atoms with E-state index < -0.39 is 8.32 Å². The van der Waals surface area contributed by atoms with E-state index in [1.54, 1.807) is 0 Å².